The van der Waals surface area contributed by atoms with Gasteiger partial charge in [0.25, 0.3) is 0 Å². The highest BCUT2D eigenvalue weighted by atomic mass is 79.9. The van der Waals surface area contributed by atoms with Crippen LogP contribution in [0.1, 0.15) is 58.3 Å². The smallest absolute Gasteiger partial charge is 0.0697 e. The predicted octanol–water partition coefficient (Wildman–Crippen LogP) is 5.26. The minimum absolute atomic E-state index is 0.486. The van der Waals surface area contributed by atoms with Crippen LogP contribution in [0.15, 0.2) is 0 Å². The van der Waals surface area contributed by atoms with Crippen LogP contribution >= 0.6 is 31.9 Å². The van der Waals surface area contributed by atoms with Gasteiger partial charge in [-0.2, -0.15) is 0 Å². The molecular weight excluding hydrogens is 320 g/mol. The molecule has 0 aliphatic carbocycles. The summed E-state index contributed by atoms with van der Waals surface area (Å²) in [6.07, 6.45) is 10.2. The van der Waals surface area contributed by atoms with E-state index in [0.717, 1.165) is 13.2 Å². The molecule has 0 heterocycles. The van der Waals surface area contributed by atoms with Crippen molar-refractivity contribution in [1.82, 2.24) is 0 Å². The van der Waals surface area contributed by atoms with E-state index in [1.54, 1.807) is 0 Å². The molecular formula is C12H24Br2O. The molecule has 0 bridgehead atoms. The third kappa shape index (κ3) is 14.9. The standard InChI is InChI=1S/C12H24Br2O/c1-2-3-4-7-10-15-11-8-5-6-9-12(13)14/h12H,2-11H2,1H3. The molecule has 0 saturated carbocycles. The molecule has 0 spiro atoms. The van der Waals surface area contributed by atoms with Crippen LogP contribution < -0.4 is 0 Å². The highest BCUT2D eigenvalue weighted by molar-refractivity contribution is 9.24. The molecule has 0 aliphatic heterocycles. The number of rotatable bonds is 11. The van der Waals surface area contributed by atoms with Crippen LogP contribution in [-0.2, 0) is 4.74 Å². The van der Waals surface area contributed by atoms with E-state index in [1.165, 1.54) is 51.4 Å². The lowest BCUT2D eigenvalue weighted by atomic mass is 10.2. The minimum atomic E-state index is 0.486. The van der Waals surface area contributed by atoms with E-state index in [1.807, 2.05) is 0 Å². The number of hydrogen-bond donors (Lipinski definition) is 0. The lowest BCUT2D eigenvalue weighted by molar-refractivity contribution is 0.126. The predicted molar refractivity (Wildman–Crippen MR) is 75.1 cm³/mol. The molecule has 0 rings (SSSR count). The van der Waals surface area contributed by atoms with Crippen LogP contribution in [0.25, 0.3) is 0 Å². The number of alkyl halides is 2. The maximum Gasteiger partial charge on any atom is 0.0697 e. The van der Waals surface area contributed by atoms with E-state index < -0.39 is 0 Å². The van der Waals surface area contributed by atoms with Crippen LogP contribution in [-0.4, -0.2) is 17.0 Å². The molecule has 0 aromatic carbocycles. The molecule has 0 saturated heterocycles. The second kappa shape index (κ2) is 13.0. The van der Waals surface area contributed by atoms with Gasteiger partial charge in [0, 0.05) is 13.2 Å². The molecule has 0 radical (unpaired) electrons. The van der Waals surface area contributed by atoms with Crippen molar-refractivity contribution in [3.05, 3.63) is 0 Å². The normalized spacial score (nSPS) is 11.2. The van der Waals surface area contributed by atoms with Crippen LogP contribution in [0.2, 0.25) is 0 Å². The van der Waals surface area contributed by atoms with Crippen LogP contribution in [0.5, 0.6) is 0 Å². The quantitative estimate of drug-likeness (QED) is 0.367. The summed E-state index contributed by atoms with van der Waals surface area (Å²) in [6.45, 7) is 4.14. The fourth-order valence-electron chi connectivity index (χ4n) is 1.41. The first kappa shape index (κ1) is 15.9. The molecule has 0 aromatic rings. The van der Waals surface area contributed by atoms with Gasteiger partial charge in [-0.05, 0) is 19.3 Å². The van der Waals surface area contributed by atoms with E-state index >= 15 is 0 Å². The van der Waals surface area contributed by atoms with Gasteiger partial charge in [0.15, 0.2) is 0 Å². The van der Waals surface area contributed by atoms with Crippen molar-refractivity contribution in [2.24, 2.45) is 0 Å². The zero-order valence-corrected chi connectivity index (χ0v) is 13.0. The summed E-state index contributed by atoms with van der Waals surface area (Å²) in [6, 6.07) is 0. The summed E-state index contributed by atoms with van der Waals surface area (Å²) in [4.78, 5) is 0. The van der Waals surface area contributed by atoms with Gasteiger partial charge in [-0.25, -0.2) is 0 Å². The van der Waals surface area contributed by atoms with Gasteiger partial charge >= 0.3 is 0 Å². The SMILES string of the molecule is CCCCCCOCCCCCC(Br)Br. The molecule has 0 atom stereocenters. The van der Waals surface area contributed by atoms with Gasteiger partial charge in [0.05, 0.1) is 3.74 Å². The van der Waals surface area contributed by atoms with Gasteiger partial charge < -0.3 is 4.74 Å². The fraction of sp³-hybridized carbons (Fsp3) is 1.00. The number of ether oxygens (including phenoxy) is 1. The van der Waals surface area contributed by atoms with Crippen molar-refractivity contribution in [3.8, 4) is 0 Å². The van der Waals surface area contributed by atoms with Crippen molar-refractivity contribution in [3.63, 3.8) is 0 Å². The van der Waals surface area contributed by atoms with Crippen molar-refractivity contribution in [1.29, 1.82) is 0 Å². The molecule has 0 fully saturated rings. The summed E-state index contributed by atoms with van der Waals surface area (Å²) in [5.74, 6) is 0. The Morgan fingerprint density at radius 2 is 1.47 bits per heavy atom. The van der Waals surface area contributed by atoms with E-state index in [-0.39, 0.29) is 0 Å². The average Bonchev–Trinajstić information content (AvgIpc) is 2.20. The Morgan fingerprint density at radius 3 is 2.00 bits per heavy atom. The Bertz CT molecular complexity index is 118. The van der Waals surface area contributed by atoms with Gasteiger partial charge in [-0.1, -0.05) is 70.9 Å². The van der Waals surface area contributed by atoms with Crippen molar-refractivity contribution in [2.75, 3.05) is 13.2 Å². The van der Waals surface area contributed by atoms with Gasteiger partial charge in [0.2, 0.25) is 0 Å². The molecule has 0 amide bonds. The molecule has 3 heteroatoms. The zero-order valence-electron chi connectivity index (χ0n) is 9.81. The van der Waals surface area contributed by atoms with Crippen LogP contribution in [0.3, 0.4) is 0 Å². The summed E-state index contributed by atoms with van der Waals surface area (Å²) < 4.78 is 6.05. The Kier molecular flexibility index (Phi) is 13.8. The second-order valence-corrected chi connectivity index (χ2v) is 7.35. The highest BCUT2D eigenvalue weighted by Crippen LogP contribution is 2.16. The molecule has 0 aromatic heterocycles. The molecule has 92 valence electrons. The molecule has 1 nitrogen and oxygen atoms in total. The van der Waals surface area contributed by atoms with Gasteiger partial charge in [-0.3, -0.25) is 0 Å². The Balaban J connectivity index is 2.87. The monoisotopic (exact) mass is 342 g/mol. The van der Waals surface area contributed by atoms with Crippen LogP contribution in [0, 0.1) is 0 Å². The Hall–Kier alpha value is 0.920. The number of unbranched alkanes of at least 4 members (excludes halogenated alkanes) is 5. The topological polar surface area (TPSA) is 9.23 Å². The second-order valence-electron chi connectivity index (χ2n) is 3.91. The minimum Gasteiger partial charge on any atom is -0.381 e. The van der Waals surface area contributed by atoms with Gasteiger partial charge in [0.1, 0.15) is 0 Å². The average molecular weight is 344 g/mol. The fourth-order valence-corrected chi connectivity index (χ4v) is 2.06. The van der Waals surface area contributed by atoms with Crippen molar-refractivity contribution >= 4 is 31.9 Å². The zero-order chi connectivity index (χ0) is 11.4. The van der Waals surface area contributed by atoms with E-state index in [2.05, 4.69) is 38.8 Å². The lowest BCUT2D eigenvalue weighted by Gasteiger charge is -2.04. The number of hydrogen-bond acceptors (Lipinski definition) is 1. The summed E-state index contributed by atoms with van der Waals surface area (Å²) in [5, 5.41) is 0. The summed E-state index contributed by atoms with van der Waals surface area (Å²) >= 11 is 6.96. The third-order valence-electron chi connectivity index (χ3n) is 2.35. The Morgan fingerprint density at radius 1 is 0.867 bits per heavy atom. The maximum atomic E-state index is 5.56. The van der Waals surface area contributed by atoms with E-state index in [9.17, 15) is 0 Å². The van der Waals surface area contributed by atoms with Gasteiger partial charge in [-0.15, -0.1) is 0 Å². The first-order valence-corrected chi connectivity index (χ1v) is 7.96. The maximum absolute atomic E-state index is 5.56. The first-order chi connectivity index (χ1) is 7.27. The van der Waals surface area contributed by atoms with E-state index in [0.29, 0.717) is 3.74 Å². The molecule has 0 N–H and O–H groups in total. The highest BCUT2D eigenvalue weighted by Gasteiger charge is 1.97. The summed E-state index contributed by atoms with van der Waals surface area (Å²) in [5.41, 5.74) is 0. The van der Waals surface area contributed by atoms with E-state index in [4.69, 9.17) is 4.74 Å². The first-order valence-electron chi connectivity index (χ1n) is 6.13. The third-order valence-corrected chi connectivity index (χ3v) is 3.27. The number of halogens is 2. The largest absolute Gasteiger partial charge is 0.381 e. The Labute approximate surface area is 112 Å². The van der Waals surface area contributed by atoms with Crippen molar-refractivity contribution in [2.45, 2.75) is 62.0 Å². The molecule has 15 heavy (non-hydrogen) atoms. The molecule has 0 aliphatic rings. The van der Waals surface area contributed by atoms with Crippen molar-refractivity contribution < 1.29 is 4.74 Å². The van der Waals surface area contributed by atoms with Crippen LogP contribution in [0.4, 0.5) is 0 Å². The lowest BCUT2D eigenvalue weighted by Crippen LogP contribution is -1.97. The summed E-state index contributed by atoms with van der Waals surface area (Å²) in [7, 11) is 0. The molecule has 0 unspecified atom stereocenters.